The van der Waals surface area contributed by atoms with Crippen molar-refractivity contribution in [3.05, 3.63) is 65.7 Å². The highest BCUT2D eigenvalue weighted by atomic mass is 16.5. The zero-order valence-corrected chi connectivity index (χ0v) is 14.8. The summed E-state index contributed by atoms with van der Waals surface area (Å²) in [6.07, 6.45) is 0. The molecule has 0 radical (unpaired) electrons. The average molecular weight is 354 g/mol. The Labute approximate surface area is 152 Å². The first kappa shape index (κ1) is 19.2. The summed E-state index contributed by atoms with van der Waals surface area (Å²) in [5, 5.41) is 5.09. The molecule has 0 fully saturated rings. The van der Waals surface area contributed by atoms with Gasteiger partial charge in [-0.3, -0.25) is 14.4 Å². The summed E-state index contributed by atoms with van der Waals surface area (Å²) in [7, 11) is 0. The quantitative estimate of drug-likeness (QED) is 0.749. The van der Waals surface area contributed by atoms with Crippen molar-refractivity contribution in [2.24, 2.45) is 0 Å². The normalized spacial score (nSPS) is 10.3. The summed E-state index contributed by atoms with van der Waals surface area (Å²) < 4.78 is 4.86. The average Bonchev–Trinajstić information content (AvgIpc) is 2.65. The minimum absolute atomic E-state index is 0.301. The smallest absolute Gasteiger partial charge is 0.325 e. The molecular weight excluding hydrogens is 332 g/mol. The summed E-state index contributed by atoms with van der Waals surface area (Å²) in [4.78, 5) is 35.3. The Kier molecular flexibility index (Phi) is 6.91. The van der Waals surface area contributed by atoms with E-state index in [1.165, 1.54) is 5.56 Å². The first-order chi connectivity index (χ1) is 12.5. The van der Waals surface area contributed by atoms with Crippen molar-refractivity contribution in [3.8, 4) is 0 Å². The van der Waals surface area contributed by atoms with E-state index in [9.17, 15) is 14.4 Å². The molecule has 2 aromatic carbocycles. The Morgan fingerprint density at radius 2 is 1.62 bits per heavy atom. The minimum atomic E-state index is -0.681. The van der Waals surface area contributed by atoms with Crippen molar-refractivity contribution in [1.82, 2.24) is 5.32 Å². The first-order valence-electron chi connectivity index (χ1n) is 8.34. The van der Waals surface area contributed by atoms with Crippen molar-refractivity contribution < 1.29 is 19.1 Å². The molecule has 136 valence electrons. The van der Waals surface area contributed by atoms with E-state index in [-0.39, 0.29) is 12.5 Å². The molecule has 0 saturated heterocycles. The lowest BCUT2D eigenvalue weighted by Gasteiger charge is -2.09. The highest BCUT2D eigenvalue weighted by molar-refractivity contribution is 5.96. The van der Waals surface area contributed by atoms with E-state index in [2.05, 4.69) is 24.5 Å². The van der Waals surface area contributed by atoms with Crippen molar-refractivity contribution in [2.75, 3.05) is 18.5 Å². The standard InChI is InChI=1S/C20H22N2O4/c1-14(2)15-8-10-17(11-9-15)22-18(23)13-26-19(24)12-21-20(25)16-6-4-3-5-7-16/h3-11,14H,12-13H2,1-2H3,(H,21,25)(H,22,23). The van der Waals surface area contributed by atoms with Crippen molar-refractivity contribution in [2.45, 2.75) is 19.8 Å². The van der Waals surface area contributed by atoms with Gasteiger partial charge in [0, 0.05) is 11.3 Å². The van der Waals surface area contributed by atoms with Crippen LogP contribution in [0.1, 0.15) is 35.7 Å². The van der Waals surface area contributed by atoms with Gasteiger partial charge in [0.05, 0.1) is 0 Å². The molecule has 6 nitrogen and oxygen atoms in total. The van der Waals surface area contributed by atoms with E-state index in [0.29, 0.717) is 17.2 Å². The van der Waals surface area contributed by atoms with Gasteiger partial charge in [0.2, 0.25) is 0 Å². The SMILES string of the molecule is CC(C)c1ccc(NC(=O)COC(=O)CNC(=O)c2ccccc2)cc1. The Morgan fingerprint density at radius 3 is 2.23 bits per heavy atom. The lowest BCUT2D eigenvalue weighted by atomic mass is 10.0. The van der Waals surface area contributed by atoms with Crippen LogP contribution in [-0.4, -0.2) is 30.9 Å². The molecule has 6 heteroatoms. The number of carbonyl (C=O) groups is 3. The van der Waals surface area contributed by atoms with Gasteiger partial charge in [0.25, 0.3) is 11.8 Å². The van der Waals surface area contributed by atoms with E-state index >= 15 is 0 Å². The molecule has 2 aromatic rings. The second-order valence-electron chi connectivity index (χ2n) is 6.03. The molecule has 0 bridgehead atoms. The number of rotatable bonds is 7. The fourth-order valence-electron chi connectivity index (χ4n) is 2.19. The lowest BCUT2D eigenvalue weighted by Crippen LogP contribution is -2.32. The van der Waals surface area contributed by atoms with Crippen molar-refractivity contribution in [3.63, 3.8) is 0 Å². The van der Waals surface area contributed by atoms with Crippen LogP contribution >= 0.6 is 0 Å². The van der Waals surface area contributed by atoms with Gasteiger partial charge in [0.1, 0.15) is 6.54 Å². The predicted molar refractivity (Wildman–Crippen MR) is 98.9 cm³/mol. The largest absolute Gasteiger partial charge is 0.454 e. The number of carbonyl (C=O) groups excluding carboxylic acids is 3. The van der Waals surface area contributed by atoms with Gasteiger partial charge < -0.3 is 15.4 Å². The molecule has 0 spiro atoms. The highest BCUT2D eigenvalue weighted by Crippen LogP contribution is 2.16. The maximum atomic E-state index is 11.8. The molecule has 0 aliphatic carbocycles. The Morgan fingerprint density at radius 1 is 0.962 bits per heavy atom. The number of benzene rings is 2. The van der Waals surface area contributed by atoms with E-state index in [0.717, 1.165) is 0 Å². The van der Waals surface area contributed by atoms with E-state index in [1.54, 1.807) is 42.5 Å². The molecule has 0 aromatic heterocycles. The van der Waals surface area contributed by atoms with Gasteiger partial charge in [0.15, 0.2) is 6.61 Å². The van der Waals surface area contributed by atoms with E-state index < -0.39 is 18.5 Å². The number of hydrogen-bond donors (Lipinski definition) is 2. The first-order valence-corrected chi connectivity index (χ1v) is 8.34. The van der Waals surface area contributed by atoms with Gasteiger partial charge >= 0.3 is 5.97 Å². The molecule has 0 heterocycles. The Bertz CT molecular complexity index is 755. The van der Waals surface area contributed by atoms with Crippen LogP contribution in [-0.2, 0) is 14.3 Å². The lowest BCUT2D eigenvalue weighted by molar-refractivity contribution is -0.146. The summed E-state index contributed by atoms with van der Waals surface area (Å²) >= 11 is 0. The number of nitrogens with one attached hydrogen (secondary N) is 2. The van der Waals surface area contributed by atoms with Crippen molar-refractivity contribution >= 4 is 23.5 Å². The topological polar surface area (TPSA) is 84.5 Å². The number of hydrogen-bond acceptors (Lipinski definition) is 4. The van der Waals surface area contributed by atoms with Crippen molar-refractivity contribution in [1.29, 1.82) is 0 Å². The van der Waals surface area contributed by atoms with Crippen LogP contribution in [0.15, 0.2) is 54.6 Å². The monoisotopic (exact) mass is 354 g/mol. The second kappa shape index (κ2) is 9.36. The van der Waals surface area contributed by atoms with Gasteiger partial charge in [-0.05, 0) is 35.7 Å². The summed E-state index contributed by atoms with van der Waals surface area (Å²) in [6.45, 7) is 3.46. The maximum Gasteiger partial charge on any atom is 0.325 e. The maximum absolute atomic E-state index is 11.8. The van der Waals surface area contributed by atoms with Crippen LogP contribution in [0.2, 0.25) is 0 Å². The van der Waals surface area contributed by atoms with Gasteiger partial charge in [-0.15, -0.1) is 0 Å². The summed E-state index contributed by atoms with van der Waals surface area (Å²) in [5.74, 6) is -1.09. The molecule has 0 aliphatic heterocycles. The molecule has 2 amide bonds. The van der Waals surface area contributed by atoms with Crippen LogP contribution in [0.25, 0.3) is 0 Å². The van der Waals surface area contributed by atoms with E-state index in [1.807, 2.05) is 12.1 Å². The minimum Gasteiger partial charge on any atom is -0.454 e. The molecule has 2 N–H and O–H groups in total. The predicted octanol–water partition coefficient (Wildman–Crippen LogP) is 2.72. The Balaban J connectivity index is 1.71. The van der Waals surface area contributed by atoms with Gasteiger partial charge in [-0.2, -0.15) is 0 Å². The number of esters is 1. The highest BCUT2D eigenvalue weighted by Gasteiger charge is 2.11. The van der Waals surface area contributed by atoms with Crippen LogP contribution < -0.4 is 10.6 Å². The fraction of sp³-hybridized carbons (Fsp3) is 0.250. The van der Waals surface area contributed by atoms with Crippen LogP contribution in [0.5, 0.6) is 0 Å². The third kappa shape index (κ3) is 6.05. The molecule has 0 saturated carbocycles. The summed E-state index contributed by atoms with van der Waals surface area (Å²) in [5.41, 5.74) is 2.25. The molecule has 0 atom stereocenters. The van der Waals surface area contributed by atoms with Gasteiger partial charge in [-0.25, -0.2) is 0 Å². The van der Waals surface area contributed by atoms with E-state index in [4.69, 9.17) is 4.74 Å². The fourth-order valence-corrected chi connectivity index (χ4v) is 2.19. The molecule has 26 heavy (non-hydrogen) atoms. The van der Waals surface area contributed by atoms with Crippen LogP contribution in [0, 0.1) is 0 Å². The molecular formula is C20H22N2O4. The Hall–Kier alpha value is -3.15. The van der Waals surface area contributed by atoms with Crippen LogP contribution in [0.4, 0.5) is 5.69 Å². The summed E-state index contributed by atoms with van der Waals surface area (Å²) in [6, 6.07) is 16.0. The van der Waals surface area contributed by atoms with Crippen LogP contribution in [0.3, 0.4) is 0 Å². The number of amides is 2. The van der Waals surface area contributed by atoms with Gasteiger partial charge in [-0.1, -0.05) is 44.2 Å². The zero-order chi connectivity index (χ0) is 18.9. The molecule has 0 unspecified atom stereocenters. The molecule has 2 rings (SSSR count). The third-order valence-electron chi connectivity index (χ3n) is 3.65. The third-order valence-corrected chi connectivity index (χ3v) is 3.65. The second-order valence-corrected chi connectivity index (χ2v) is 6.03. The molecule has 0 aliphatic rings. The number of anilines is 1. The number of ether oxygens (including phenoxy) is 1. The zero-order valence-electron chi connectivity index (χ0n) is 14.8.